The number of nitrogens with one attached hydrogen (secondary N) is 1. The number of hydrogen-bond acceptors (Lipinski definition) is 3. The summed E-state index contributed by atoms with van der Waals surface area (Å²) in [5, 5.41) is 3.84. The summed E-state index contributed by atoms with van der Waals surface area (Å²) in [5.74, 6) is 1.57. The first-order valence-electron chi connectivity index (χ1n) is 4.98. The van der Waals surface area contributed by atoms with Crippen LogP contribution in [0, 0.1) is 0 Å². The van der Waals surface area contributed by atoms with Crippen molar-refractivity contribution in [1.82, 2.24) is 4.98 Å². The standard InChI is InChI=1S/C10H13ClN2OS/c11-10-9(2-1-5-12-10)13-8-3-6-15(14)7-4-8/h1-2,5,8,13H,3-4,6-7H2. The van der Waals surface area contributed by atoms with Gasteiger partial charge in [0, 0.05) is 34.5 Å². The van der Waals surface area contributed by atoms with Crippen LogP contribution in [0.5, 0.6) is 0 Å². The number of nitrogens with zero attached hydrogens (tertiary/aromatic N) is 1. The van der Waals surface area contributed by atoms with E-state index in [1.54, 1.807) is 6.20 Å². The molecular weight excluding hydrogens is 232 g/mol. The zero-order valence-corrected chi connectivity index (χ0v) is 9.85. The van der Waals surface area contributed by atoms with Crippen molar-refractivity contribution in [2.45, 2.75) is 18.9 Å². The lowest BCUT2D eigenvalue weighted by atomic mass is 10.1. The molecule has 0 radical (unpaired) electrons. The molecule has 3 nitrogen and oxygen atoms in total. The van der Waals surface area contributed by atoms with Gasteiger partial charge in [-0.05, 0) is 25.0 Å². The quantitative estimate of drug-likeness (QED) is 0.810. The predicted octanol–water partition coefficient (Wildman–Crippen LogP) is 2.06. The number of aromatic nitrogens is 1. The lowest BCUT2D eigenvalue weighted by Gasteiger charge is -2.23. The second-order valence-electron chi connectivity index (χ2n) is 3.61. The molecule has 0 atom stereocenters. The van der Waals surface area contributed by atoms with Crippen LogP contribution in [-0.4, -0.2) is 26.7 Å². The Labute approximate surface area is 96.7 Å². The van der Waals surface area contributed by atoms with E-state index < -0.39 is 10.8 Å². The van der Waals surface area contributed by atoms with E-state index in [1.807, 2.05) is 12.1 Å². The third kappa shape index (κ3) is 2.92. The van der Waals surface area contributed by atoms with E-state index in [0.29, 0.717) is 11.2 Å². The molecule has 1 N–H and O–H groups in total. The SMILES string of the molecule is O=S1CCC(Nc2cccnc2Cl)CC1. The van der Waals surface area contributed by atoms with Crippen molar-refractivity contribution in [2.75, 3.05) is 16.8 Å². The number of anilines is 1. The Kier molecular flexibility index (Phi) is 3.59. The summed E-state index contributed by atoms with van der Waals surface area (Å²) in [6, 6.07) is 4.15. The minimum Gasteiger partial charge on any atom is -0.380 e. The Hall–Kier alpha value is -0.610. The van der Waals surface area contributed by atoms with Crippen LogP contribution in [0.1, 0.15) is 12.8 Å². The smallest absolute Gasteiger partial charge is 0.152 e. The summed E-state index contributed by atoms with van der Waals surface area (Å²) in [5.41, 5.74) is 0.872. The van der Waals surface area contributed by atoms with Crippen LogP contribution in [0.15, 0.2) is 18.3 Å². The van der Waals surface area contributed by atoms with Gasteiger partial charge >= 0.3 is 0 Å². The molecule has 0 unspecified atom stereocenters. The fraction of sp³-hybridized carbons (Fsp3) is 0.500. The molecule has 5 heteroatoms. The van der Waals surface area contributed by atoms with Gasteiger partial charge in [0.2, 0.25) is 0 Å². The van der Waals surface area contributed by atoms with Crippen LogP contribution >= 0.6 is 11.6 Å². The highest BCUT2D eigenvalue weighted by Gasteiger charge is 2.18. The summed E-state index contributed by atoms with van der Waals surface area (Å²) < 4.78 is 11.2. The first-order chi connectivity index (χ1) is 7.25. The van der Waals surface area contributed by atoms with Crippen LogP contribution in [0.4, 0.5) is 5.69 Å². The van der Waals surface area contributed by atoms with Gasteiger partial charge in [-0.15, -0.1) is 0 Å². The average molecular weight is 245 g/mol. The predicted molar refractivity (Wildman–Crippen MR) is 63.8 cm³/mol. The lowest BCUT2D eigenvalue weighted by molar-refractivity contribution is 0.624. The van der Waals surface area contributed by atoms with Gasteiger partial charge in [-0.2, -0.15) is 0 Å². The second-order valence-corrected chi connectivity index (χ2v) is 5.66. The third-order valence-electron chi connectivity index (χ3n) is 2.51. The first kappa shape index (κ1) is 10.9. The van der Waals surface area contributed by atoms with Crippen LogP contribution in [0.3, 0.4) is 0 Å². The Morgan fingerprint density at radius 3 is 2.87 bits per heavy atom. The van der Waals surface area contributed by atoms with Gasteiger partial charge in [-0.25, -0.2) is 4.98 Å². The zero-order valence-electron chi connectivity index (χ0n) is 8.28. The van der Waals surface area contributed by atoms with E-state index in [-0.39, 0.29) is 0 Å². The average Bonchev–Trinajstić information content (AvgIpc) is 2.25. The van der Waals surface area contributed by atoms with Crippen molar-refractivity contribution in [1.29, 1.82) is 0 Å². The molecule has 1 saturated heterocycles. The van der Waals surface area contributed by atoms with Gasteiger partial charge in [-0.3, -0.25) is 4.21 Å². The molecule has 1 aliphatic rings. The van der Waals surface area contributed by atoms with Crippen molar-refractivity contribution < 1.29 is 4.21 Å². The molecule has 1 aromatic heterocycles. The van der Waals surface area contributed by atoms with E-state index in [2.05, 4.69) is 10.3 Å². The summed E-state index contributed by atoms with van der Waals surface area (Å²) in [6.07, 6.45) is 3.55. The minimum atomic E-state index is -0.613. The highest BCUT2D eigenvalue weighted by Crippen LogP contribution is 2.21. The highest BCUT2D eigenvalue weighted by molar-refractivity contribution is 7.85. The van der Waals surface area contributed by atoms with Crippen molar-refractivity contribution in [3.8, 4) is 0 Å². The highest BCUT2D eigenvalue weighted by atomic mass is 35.5. The molecule has 1 aromatic rings. The molecular formula is C10H13ClN2OS. The van der Waals surface area contributed by atoms with E-state index in [9.17, 15) is 4.21 Å². The Bertz CT molecular complexity index is 362. The fourth-order valence-corrected chi connectivity index (χ4v) is 3.12. The summed E-state index contributed by atoms with van der Waals surface area (Å²) in [4.78, 5) is 4.00. The minimum absolute atomic E-state index is 0.379. The molecule has 0 aromatic carbocycles. The monoisotopic (exact) mass is 244 g/mol. The summed E-state index contributed by atoms with van der Waals surface area (Å²) in [6.45, 7) is 0. The van der Waals surface area contributed by atoms with Crippen molar-refractivity contribution >= 4 is 28.1 Å². The van der Waals surface area contributed by atoms with Crippen molar-refractivity contribution in [2.24, 2.45) is 0 Å². The summed E-state index contributed by atoms with van der Waals surface area (Å²) in [7, 11) is -0.613. The van der Waals surface area contributed by atoms with Crippen molar-refractivity contribution in [3.63, 3.8) is 0 Å². The second kappa shape index (κ2) is 4.94. The summed E-state index contributed by atoms with van der Waals surface area (Å²) >= 11 is 5.94. The maximum absolute atomic E-state index is 11.2. The van der Waals surface area contributed by atoms with Crippen LogP contribution in [0.2, 0.25) is 5.15 Å². The van der Waals surface area contributed by atoms with Gasteiger partial charge in [-0.1, -0.05) is 11.6 Å². The Balaban J connectivity index is 1.97. The molecule has 0 amide bonds. The molecule has 1 aliphatic heterocycles. The normalized spacial score (nSPS) is 26.2. The number of pyridine rings is 1. The molecule has 1 fully saturated rings. The molecule has 0 bridgehead atoms. The maximum atomic E-state index is 11.2. The van der Waals surface area contributed by atoms with Gasteiger partial charge < -0.3 is 5.32 Å². The Morgan fingerprint density at radius 2 is 2.20 bits per heavy atom. The van der Waals surface area contributed by atoms with Gasteiger partial charge in [0.15, 0.2) is 5.15 Å². The molecule has 0 saturated carbocycles. The number of halogens is 1. The van der Waals surface area contributed by atoms with Crippen molar-refractivity contribution in [3.05, 3.63) is 23.5 Å². The largest absolute Gasteiger partial charge is 0.380 e. The number of rotatable bonds is 2. The molecule has 0 spiro atoms. The topological polar surface area (TPSA) is 42.0 Å². The van der Waals surface area contributed by atoms with Crippen LogP contribution in [0.25, 0.3) is 0 Å². The Morgan fingerprint density at radius 1 is 1.47 bits per heavy atom. The number of hydrogen-bond donors (Lipinski definition) is 1. The lowest BCUT2D eigenvalue weighted by Crippen LogP contribution is -2.29. The van der Waals surface area contributed by atoms with E-state index in [0.717, 1.165) is 30.0 Å². The van der Waals surface area contributed by atoms with Crippen LogP contribution in [-0.2, 0) is 10.8 Å². The fourth-order valence-electron chi connectivity index (χ4n) is 1.65. The molecule has 0 aliphatic carbocycles. The first-order valence-corrected chi connectivity index (χ1v) is 6.84. The zero-order chi connectivity index (χ0) is 10.7. The van der Waals surface area contributed by atoms with E-state index >= 15 is 0 Å². The van der Waals surface area contributed by atoms with E-state index in [1.165, 1.54) is 0 Å². The van der Waals surface area contributed by atoms with Gasteiger partial charge in [0.05, 0.1) is 5.69 Å². The van der Waals surface area contributed by atoms with E-state index in [4.69, 9.17) is 11.6 Å². The molecule has 2 heterocycles. The molecule has 15 heavy (non-hydrogen) atoms. The van der Waals surface area contributed by atoms with Gasteiger partial charge in [0.1, 0.15) is 0 Å². The van der Waals surface area contributed by atoms with Gasteiger partial charge in [0.25, 0.3) is 0 Å². The maximum Gasteiger partial charge on any atom is 0.152 e. The third-order valence-corrected chi connectivity index (χ3v) is 4.19. The van der Waals surface area contributed by atoms with Crippen LogP contribution < -0.4 is 5.32 Å². The molecule has 2 rings (SSSR count). The molecule has 82 valence electrons.